The van der Waals surface area contributed by atoms with E-state index in [0.717, 1.165) is 0 Å². The van der Waals surface area contributed by atoms with Crippen LogP contribution in [0, 0.1) is 0 Å². The van der Waals surface area contributed by atoms with Crippen LogP contribution in [0.5, 0.6) is 0 Å². The van der Waals surface area contributed by atoms with Gasteiger partial charge in [0.15, 0.2) is 6.29 Å². The van der Waals surface area contributed by atoms with Crippen LogP contribution >= 0.6 is 11.6 Å². The number of aldehydes is 1. The minimum absolute atomic E-state index is 0.0833. The molecule has 0 saturated carbocycles. The second-order valence-electron chi connectivity index (χ2n) is 2.15. The molecule has 1 rings (SSSR count). The van der Waals surface area contributed by atoms with Crippen molar-refractivity contribution in [2.24, 2.45) is 7.05 Å². The van der Waals surface area contributed by atoms with Gasteiger partial charge in [-0.15, -0.1) is 0 Å². The molecule has 4 heteroatoms. The Balaban J connectivity index is 3.48. The SMILES string of the molecule is Cn1cc(Cl)cc(C=O)c1=O. The maximum absolute atomic E-state index is 11.0. The van der Waals surface area contributed by atoms with Crippen LogP contribution in [0.4, 0.5) is 0 Å². The molecule has 0 aliphatic carbocycles. The van der Waals surface area contributed by atoms with E-state index in [-0.39, 0.29) is 11.1 Å². The summed E-state index contributed by atoms with van der Waals surface area (Å²) in [6.45, 7) is 0. The fourth-order valence-electron chi connectivity index (χ4n) is 0.779. The van der Waals surface area contributed by atoms with Crippen molar-refractivity contribution < 1.29 is 4.79 Å². The summed E-state index contributed by atoms with van der Waals surface area (Å²) in [5.74, 6) is 0. The molecule has 0 aliphatic rings. The van der Waals surface area contributed by atoms with Crippen molar-refractivity contribution in [2.45, 2.75) is 0 Å². The fraction of sp³-hybridized carbons (Fsp3) is 0.143. The molecule has 3 nitrogen and oxygen atoms in total. The molecular formula is C7H6ClNO2. The highest BCUT2D eigenvalue weighted by molar-refractivity contribution is 6.30. The zero-order chi connectivity index (χ0) is 8.43. The van der Waals surface area contributed by atoms with Crippen molar-refractivity contribution in [1.82, 2.24) is 4.57 Å². The summed E-state index contributed by atoms with van der Waals surface area (Å²) >= 11 is 5.58. The normalized spacial score (nSPS) is 9.64. The second-order valence-corrected chi connectivity index (χ2v) is 2.58. The molecule has 0 fully saturated rings. The van der Waals surface area contributed by atoms with E-state index in [0.29, 0.717) is 11.3 Å². The lowest BCUT2D eigenvalue weighted by Gasteiger charge is -1.97. The van der Waals surface area contributed by atoms with Crippen molar-refractivity contribution in [3.05, 3.63) is 33.2 Å². The quantitative estimate of drug-likeness (QED) is 0.588. The van der Waals surface area contributed by atoms with E-state index >= 15 is 0 Å². The van der Waals surface area contributed by atoms with Gasteiger partial charge in [-0.1, -0.05) is 11.6 Å². The number of aromatic nitrogens is 1. The standard InChI is InChI=1S/C7H6ClNO2/c1-9-3-6(8)2-5(4-10)7(9)11/h2-4H,1H3. The molecule has 58 valence electrons. The minimum atomic E-state index is -0.329. The molecule has 1 aromatic rings. The Hall–Kier alpha value is -1.09. The Morgan fingerprint density at radius 3 is 2.82 bits per heavy atom. The lowest BCUT2D eigenvalue weighted by atomic mass is 10.3. The van der Waals surface area contributed by atoms with Gasteiger partial charge >= 0.3 is 0 Å². The molecule has 0 atom stereocenters. The largest absolute Gasteiger partial charge is 0.316 e. The Bertz CT molecular complexity index is 343. The van der Waals surface area contributed by atoms with E-state index in [4.69, 9.17) is 11.6 Å². The van der Waals surface area contributed by atoms with Crippen molar-refractivity contribution in [1.29, 1.82) is 0 Å². The third-order valence-corrected chi connectivity index (χ3v) is 1.51. The molecular weight excluding hydrogens is 166 g/mol. The third-order valence-electron chi connectivity index (χ3n) is 1.30. The highest BCUT2D eigenvalue weighted by atomic mass is 35.5. The first-order valence-electron chi connectivity index (χ1n) is 2.96. The zero-order valence-electron chi connectivity index (χ0n) is 5.87. The first-order chi connectivity index (χ1) is 5.15. The zero-order valence-corrected chi connectivity index (χ0v) is 6.63. The van der Waals surface area contributed by atoms with E-state index in [1.165, 1.54) is 16.8 Å². The van der Waals surface area contributed by atoms with E-state index in [9.17, 15) is 9.59 Å². The molecule has 1 aromatic heterocycles. The van der Waals surface area contributed by atoms with Crippen LogP contribution in [0.1, 0.15) is 10.4 Å². The predicted octanol–water partition coefficient (Wildman–Crippen LogP) is 0.851. The number of pyridine rings is 1. The van der Waals surface area contributed by atoms with Gasteiger partial charge in [-0.25, -0.2) is 0 Å². The van der Waals surface area contributed by atoms with Crippen molar-refractivity contribution >= 4 is 17.9 Å². The molecule has 1 heterocycles. The van der Waals surface area contributed by atoms with Gasteiger partial charge in [0.25, 0.3) is 5.56 Å². The first kappa shape index (κ1) is 8.01. The Labute approximate surface area is 68.2 Å². The summed E-state index contributed by atoms with van der Waals surface area (Å²) in [4.78, 5) is 21.3. The number of carbonyl (C=O) groups is 1. The topological polar surface area (TPSA) is 39.1 Å². The Morgan fingerprint density at radius 2 is 2.27 bits per heavy atom. The Kier molecular flexibility index (Phi) is 2.10. The molecule has 0 saturated heterocycles. The highest BCUT2D eigenvalue weighted by Crippen LogP contribution is 2.04. The van der Waals surface area contributed by atoms with Crippen LogP contribution in [0.3, 0.4) is 0 Å². The summed E-state index contributed by atoms with van der Waals surface area (Å²) in [5, 5.41) is 0.384. The van der Waals surface area contributed by atoms with E-state index in [1.807, 2.05) is 0 Å². The molecule has 0 N–H and O–H groups in total. The fourth-order valence-corrected chi connectivity index (χ4v) is 1.04. The van der Waals surface area contributed by atoms with Crippen LogP contribution in [-0.2, 0) is 7.05 Å². The van der Waals surface area contributed by atoms with Gasteiger partial charge in [-0.2, -0.15) is 0 Å². The molecule has 0 radical (unpaired) electrons. The number of hydrogen-bond donors (Lipinski definition) is 0. The second kappa shape index (κ2) is 2.88. The number of aryl methyl sites for hydroxylation is 1. The van der Waals surface area contributed by atoms with Gasteiger partial charge in [0.1, 0.15) is 0 Å². The molecule has 0 bridgehead atoms. The highest BCUT2D eigenvalue weighted by Gasteiger charge is 2.00. The number of nitrogens with zero attached hydrogens (tertiary/aromatic N) is 1. The van der Waals surface area contributed by atoms with Crippen molar-refractivity contribution in [2.75, 3.05) is 0 Å². The van der Waals surface area contributed by atoms with Crippen LogP contribution in [-0.4, -0.2) is 10.9 Å². The number of rotatable bonds is 1. The van der Waals surface area contributed by atoms with Gasteiger partial charge < -0.3 is 4.57 Å². The summed E-state index contributed by atoms with van der Waals surface area (Å²) in [6, 6.07) is 1.34. The first-order valence-corrected chi connectivity index (χ1v) is 3.34. The van der Waals surface area contributed by atoms with Crippen molar-refractivity contribution in [3.63, 3.8) is 0 Å². The number of hydrogen-bond acceptors (Lipinski definition) is 2. The molecule has 0 aromatic carbocycles. The molecule has 0 unspecified atom stereocenters. The average molecular weight is 172 g/mol. The van der Waals surface area contributed by atoms with Crippen molar-refractivity contribution in [3.8, 4) is 0 Å². The van der Waals surface area contributed by atoms with E-state index < -0.39 is 0 Å². The van der Waals surface area contributed by atoms with E-state index in [2.05, 4.69) is 0 Å². The minimum Gasteiger partial charge on any atom is -0.316 e. The van der Waals surface area contributed by atoms with Gasteiger partial charge in [0.2, 0.25) is 0 Å². The van der Waals surface area contributed by atoms with E-state index in [1.54, 1.807) is 7.05 Å². The maximum Gasteiger partial charge on any atom is 0.260 e. The summed E-state index contributed by atoms with van der Waals surface area (Å²) < 4.78 is 1.27. The van der Waals surface area contributed by atoms with Crippen LogP contribution in [0.15, 0.2) is 17.1 Å². The third kappa shape index (κ3) is 1.49. The molecule has 0 amide bonds. The monoisotopic (exact) mass is 171 g/mol. The van der Waals surface area contributed by atoms with Gasteiger partial charge in [0.05, 0.1) is 10.6 Å². The van der Waals surface area contributed by atoms with Crippen LogP contribution in [0.2, 0.25) is 5.02 Å². The number of carbonyl (C=O) groups excluding carboxylic acids is 1. The molecule has 0 spiro atoms. The average Bonchev–Trinajstić information content (AvgIpc) is 1.96. The predicted molar refractivity (Wildman–Crippen MR) is 42.1 cm³/mol. The summed E-state index contributed by atoms with van der Waals surface area (Å²) in [6.07, 6.45) is 1.95. The summed E-state index contributed by atoms with van der Waals surface area (Å²) in [7, 11) is 1.54. The van der Waals surface area contributed by atoms with Crippen LogP contribution in [0.25, 0.3) is 0 Å². The lowest BCUT2D eigenvalue weighted by Crippen LogP contribution is -2.19. The smallest absolute Gasteiger partial charge is 0.260 e. The lowest BCUT2D eigenvalue weighted by molar-refractivity contribution is 0.112. The van der Waals surface area contributed by atoms with Gasteiger partial charge in [0, 0.05) is 13.2 Å². The molecule has 11 heavy (non-hydrogen) atoms. The van der Waals surface area contributed by atoms with Crippen LogP contribution < -0.4 is 5.56 Å². The summed E-state index contributed by atoms with van der Waals surface area (Å²) in [5.41, 5.74) is -0.246. The molecule has 0 aliphatic heterocycles. The Morgan fingerprint density at radius 1 is 1.64 bits per heavy atom. The maximum atomic E-state index is 11.0. The van der Waals surface area contributed by atoms with Gasteiger partial charge in [-0.3, -0.25) is 9.59 Å². The number of halogens is 1. The van der Waals surface area contributed by atoms with Gasteiger partial charge in [-0.05, 0) is 6.07 Å².